The Morgan fingerprint density at radius 3 is 2.30 bits per heavy atom. The predicted octanol–water partition coefficient (Wildman–Crippen LogP) is 2.01. The fourth-order valence-corrected chi connectivity index (χ4v) is 2.31. The average Bonchev–Trinajstić information content (AvgIpc) is 2.61. The van der Waals surface area contributed by atoms with E-state index in [1.54, 1.807) is 27.7 Å². The SMILES string of the molecule is Cc1nc(C)c(C(=O)NCCNC(=O)OC(C)(C)C)s1. The molecule has 0 aliphatic carbocycles. The zero-order chi connectivity index (χ0) is 15.3. The van der Waals surface area contributed by atoms with E-state index in [-0.39, 0.29) is 5.91 Å². The molecule has 0 saturated carbocycles. The summed E-state index contributed by atoms with van der Waals surface area (Å²) in [7, 11) is 0. The normalized spacial score (nSPS) is 11.1. The van der Waals surface area contributed by atoms with Gasteiger partial charge in [0.1, 0.15) is 10.5 Å². The van der Waals surface area contributed by atoms with Crippen molar-refractivity contribution in [1.29, 1.82) is 0 Å². The Kier molecular flexibility index (Phi) is 5.50. The number of aryl methyl sites for hydroxylation is 2. The molecule has 20 heavy (non-hydrogen) atoms. The molecule has 2 N–H and O–H groups in total. The molecule has 6 nitrogen and oxygen atoms in total. The van der Waals surface area contributed by atoms with E-state index < -0.39 is 11.7 Å². The second-order valence-electron chi connectivity index (χ2n) is 5.33. The monoisotopic (exact) mass is 299 g/mol. The van der Waals surface area contributed by atoms with Gasteiger partial charge in [0, 0.05) is 13.1 Å². The molecule has 1 aromatic rings. The van der Waals surface area contributed by atoms with Crippen molar-refractivity contribution in [1.82, 2.24) is 15.6 Å². The summed E-state index contributed by atoms with van der Waals surface area (Å²) in [6, 6.07) is 0. The van der Waals surface area contributed by atoms with Crippen LogP contribution in [0, 0.1) is 13.8 Å². The van der Waals surface area contributed by atoms with Crippen molar-refractivity contribution in [2.24, 2.45) is 0 Å². The summed E-state index contributed by atoms with van der Waals surface area (Å²) >= 11 is 1.36. The van der Waals surface area contributed by atoms with Gasteiger partial charge in [-0.1, -0.05) is 0 Å². The molecular weight excluding hydrogens is 278 g/mol. The maximum Gasteiger partial charge on any atom is 0.407 e. The molecule has 2 amide bonds. The highest BCUT2D eigenvalue weighted by molar-refractivity contribution is 7.13. The first kappa shape index (κ1) is 16.4. The number of carbonyl (C=O) groups is 2. The van der Waals surface area contributed by atoms with Crippen molar-refractivity contribution in [3.63, 3.8) is 0 Å². The molecule has 1 rings (SSSR count). The average molecular weight is 299 g/mol. The highest BCUT2D eigenvalue weighted by Crippen LogP contribution is 2.16. The summed E-state index contributed by atoms with van der Waals surface area (Å²) in [5.74, 6) is -0.168. The van der Waals surface area contributed by atoms with Crippen LogP contribution in [0.5, 0.6) is 0 Å². The number of aromatic nitrogens is 1. The molecule has 0 bridgehead atoms. The highest BCUT2D eigenvalue weighted by Gasteiger charge is 2.16. The smallest absolute Gasteiger partial charge is 0.407 e. The number of carbonyl (C=O) groups excluding carboxylic acids is 2. The second kappa shape index (κ2) is 6.69. The molecule has 0 atom stereocenters. The van der Waals surface area contributed by atoms with Crippen LogP contribution in [0.25, 0.3) is 0 Å². The number of alkyl carbamates (subject to hydrolysis) is 1. The largest absolute Gasteiger partial charge is 0.444 e. The molecule has 7 heteroatoms. The predicted molar refractivity (Wildman–Crippen MR) is 78.2 cm³/mol. The van der Waals surface area contributed by atoms with Gasteiger partial charge in [-0.25, -0.2) is 9.78 Å². The Balaban J connectivity index is 2.30. The molecule has 0 radical (unpaired) electrons. The zero-order valence-electron chi connectivity index (χ0n) is 12.5. The number of nitrogens with zero attached hydrogens (tertiary/aromatic N) is 1. The Bertz CT molecular complexity index is 492. The van der Waals surface area contributed by atoms with Crippen LogP contribution in [-0.4, -0.2) is 35.7 Å². The van der Waals surface area contributed by atoms with Gasteiger partial charge in [0.15, 0.2) is 0 Å². The third-order valence-electron chi connectivity index (χ3n) is 2.19. The van der Waals surface area contributed by atoms with E-state index in [2.05, 4.69) is 15.6 Å². The van der Waals surface area contributed by atoms with E-state index in [1.807, 2.05) is 6.92 Å². The number of hydrogen-bond donors (Lipinski definition) is 2. The molecule has 0 saturated heterocycles. The van der Waals surface area contributed by atoms with Crippen LogP contribution in [-0.2, 0) is 4.74 Å². The fraction of sp³-hybridized carbons (Fsp3) is 0.615. The van der Waals surface area contributed by atoms with Crippen molar-refractivity contribution >= 4 is 23.3 Å². The number of amides is 2. The lowest BCUT2D eigenvalue weighted by molar-refractivity contribution is 0.0526. The van der Waals surface area contributed by atoms with Gasteiger partial charge in [0.25, 0.3) is 5.91 Å². The third kappa shape index (κ3) is 5.56. The number of hydrogen-bond acceptors (Lipinski definition) is 5. The van der Waals surface area contributed by atoms with Crippen molar-refractivity contribution < 1.29 is 14.3 Å². The van der Waals surface area contributed by atoms with E-state index >= 15 is 0 Å². The molecule has 0 unspecified atom stereocenters. The minimum atomic E-state index is -0.523. The quantitative estimate of drug-likeness (QED) is 0.833. The van der Waals surface area contributed by atoms with Gasteiger partial charge in [-0.05, 0) is 34.6 Å². The minimum absolute atomic E-state index is 0.168. The maximum absolute atomic E-state index is 11.9. The first-order chi connectivity index (χ1) is 9.19. The molecule has 0 aliphatic heterocycles. The maximum atomic E-state index is 11.9. The summed E-state index contributed by atoms with van der Waals surface area (Å²) in [5.41, 5.74) is 0.204. The van der Waals surface area contributed by atoms with Gasteiger partial charge in [-0.2, -0.15) is 0 Å². The zero-order valence-corrected chi connectivity index (χ0v) is 13.3. The van der Waals surface area contributed by atoms with Crippen LogP contribution >= 0.6 is 11.3 Å². The van der Waals surface area contributed by atoms with Crippen molar-refractivity contribution in [2.45, 2.75) is 40.2 Å². The van der Waals surface area contributed by atoms with Crippen LogP contribution < -0.4 is 10.6 Å². The van der Waals surface area contributed by atoms with E-state index in [1.165, 1.54) is 11.3 Å². The van der Waals surface area contributed by atoms with Gasteiger partial charge >= 0.3 is 6.09 Å². The first-order valence-electron chi connectivity index (χ1n) is 6.38. The molecule has 1 aromatic heterocycles. The minimum Gasteiger partial charge on any atom is -0.444 e. The van der Waals surface area contributed by atoms with Crippen molar-refractivity contribution in [3.8, 4) is 0 Å². The molecule has 0 spiro atoms. The van der Waals surface area contributed by atoms with Crippen LogP contribution in [0.2, 0.25) is 0 Å². The van der Waals surface area contributed by atoms with E-state index in [0.29, 0.717) is 18.0 Å². The Morgan fingerprint density at radius 1 is 1.20 bits per heavy atom. The van der Waals surface area contributed by atoms with Gasteiger partial charge in [0.2, 0.25) is 0 Å². The Labute approximate surface area is 122 Å². The summed E-state index contributed by atoms with van der Waals surface area (Å²) in [4.78, 5) is 28.1. The molecular formula is C13H21N3O3S. The molecule has 0 aromatic carbocycles. The summed E-state index contributed by atoms with van der Waals surface area (Å²) < 4.78 is 5.08. The summed E-state index contributed by atoms with van der Waals surface area (Å²) in [6.45, 7) is 9.71. The highest BCUT2D eigenvalue weighted by atomic mass is 32.1. The number of ether oxygens (including phenoxy) is 1. The Hall–Kier alpha value is -1.63. The standard InChI is InChI=1S/C13H21N3O3S/c1-8-10(20-9(2)16-8)11(17)14-6-7-15-12(18)19-13(3,4)5/h6-7H2,1-5H3,(H,14,17)(H,15,18). The van der Waals surface area contributed by atoms with Crippen LogP contribution in [0.3, 0.4) is 0 Å². The molecule has 1 heterocycles. The molecule has 0 aliphatic rings. The van der Waals surface area contributed by atoms with Crippen molar-refractivity contribution in [2.75, 3.05) is 13.1 Å². The van der Waals surface area contributed by atoms with Gasteiger partial charge < -0.3 is 15.4 Å². The topological polar surface area (TPSA) is 80.3 Å². The van der Waals surface area contributed by atoms with Gasteiger partial charge in [0.05, 0.1) is 10.7 Å². The number of rotatable bonds is 4. The van der Waals surface area contributed by atoms with Crippen LogP contribution in [0.4, 0.5) is 4.79 Å². The van der Waals surface area contributed by atoms with Crippen LogP contribution in [0.1, 0.15) is 41.1 Å². The van der Waals surface area contributed by atoms with E-state index in [9.17, 15) is 9.59 Å². The van der Waals surface area contributed by atoms with Gasteiger partial charge in [-0.15, -0.1) is 11.3 Å². The number of thiazole rings is 1. The summed E-state index contributed by atoms with van der Waals surface area (Å²) in [6.07, 6.45) is -0.489. The lowest BCUT2D eigenvalue weighted by Gasteiger charge is -2.19. The van der Waals surface area contributed by atoms with Crippen LogP contribution in [0.15, 0.2) is 0 Å². The van der Waals surface area contributed by atoms with Crippen molar-refractivity contribution in [3.05, 3.63) is 15.6 Å². The Morgan fingerprint density at radius 2 is 1.80 bits per heavy atom. The second-order valence-corrected chi connectivity index (χ2v) is 6.54. The summed E-state index contributed by atoms with van der Waals surface area (Å²) in [5, 5.41) is 6.17. The third-order valence-corrected chi connectivity index (χ3v) is 3.26. The first-order valence-corrected chi connectivity index (χ1v) is 7.20. The lowest BCUT2D eigenvalue weighted by Crippen LogP contribution is -2.37. The number of nitrogens with one attached hydrogen (secondary N) is 2. The van der Waals surface area contributed by atoms with E-state index in [4.69, 9.17) is 4.74 Å². The fourth-order valence-electron chi connectivity index (χ4n) is 1.48. The molecule has 112 valence electrons. The van der Waals surface area contributed by atoms with Gasteiger partial charge in [-0.3, -0.25) is 4.79 Å². The van der Waals surface area contributed by atoms with E-state index in [0.717, 1.165) is 10.7 Å². The lowest BCUT2D eigenvalue weighted by atomic mass is 10.2. The molecule has 0 fully saturated rings.